The van der Waals surface area contributed by atoms with Crippen LogP contribution >= 0.6 is 11.8 Å². The first-order valence-electron chi connectivity index (χ1n) is 10.6. The summed E-state index contributed by atoms with van der Waals surface area (Å²) in [6.45, 7) is 3.68. The molecule has 2 aromatic carbocycles. The molecule has 34 heavy (non-hydrogen) atoms. The molecule has 0 radical (unpaired) electrons. The van der Waals surface area contributed by atoms with Gasteiger partial charge in [0.05, 0.1) is 30.1 Å². The lowest BCUT2D eigenvalue weighted by Gasteiger charge is -2.11. The van der Waals surface area contributed by atoms with Gasteiger partial charge in [0.25, 0.3) is 0 Å². The van der Waals surface area contributed by atoms with Gasteiger partial charge in [0, 0.05) is 17.8 Å². The molecule has 0 aliphatic rings. The average Bonchev–Trinajstić information content (AvgIpc) is 3.29. The van der Waals surface area contributed by atoms with Crippen LogP contribution in [0, 0.1) is 6.92 Å². The third-order valence-electron chi connectivity index (χ3n) is 5.09. The quantitative estimate of drug-likeness (QED) is 0.289. The van der Waals surface area contributed by atoms with E-state index in [0.29, 0.717) is 22.8 Å². The van der Waals surface area contributed by atoms with Crippen molar-refractivity contribution in [2.24, 2.45) is 0 Å². The summed E-state index contributed by atoms with van der Waals surface area (Å²) in [5.41, 5.74) is 3.77. The van der Waals surface area contributed by atoms with Gasteiger partial charge in [0.1, 0.15) is 17.1 Å². The van der Waals surface area contributed by atoms with E-state index in [9.17, 15) is 9.59 Å². The Labute approximate surface area is 200 Å². The van der Waals surface area contributed by atoms with Crippen molar-refractivity contribution in [2.75, 3.05) is 23.5 Å². The highest BCUT2D eigenvalue weighted by molar-refractivity contribution is 8.00. The smallest absolute Gasteiger partial charge is 0.234 e. The Morgan fingerprint density at radius 3 is 2.56 bits per heavy atom. The van der Waals surface area contributed by atoms with Crippen LogP contribution < -0.4 is 15.4 Å². The lowest BCUT2D eigenvalue weighted by Crippen LogP contribution is -2.15. The molecule has 174 valence electrons. The van der Waals surface area contributed by atoms with Crippen LogP contribution in [0.1, 0.15) is 18.9 Å². The second kappa shape index (κ2) is 10.3. The number of carbonyl (C=O) groups excluding carboxylic acids is 2. The number of carbonyl (C=O) groups is 2. The third kappa shape index (κ3) is 5.18. The van der Waals surface area contributed by atoms with E-state index in [0.717, 1.165) is 28.1 Å². The van der Waals surface area contributed by atoms with Crippen molar-refractivity contribution in [3.63, 3.8) is 0 Å². The summed E-state index contributed by atoms with van der Waals surface area (Å²) in [4.78, 5) is 32.9. The molecule has 0 spiro atoms. The maximum absolute atomic E-state index is 12.6. The molecule has 0 bridgehead atoms. The van der Waals surface area contributed by atoms with Crippen molar-refractivity contribution in [2.45, 2.75) is 25.3 Å². The largest absolute Gasteiger partial charge is 0.497 e. The molecule has 0 aliphatic heterocycles. The number of aromatic nitrogens is 4. The number of ether oxygens (including phenoxy) is 1. The van der Waals surface area contributed by atoms with Crippen LogP contribution in [0.25, 0.3) is 16.7 Å². The van der Waals surface area contributed by atoms with E-state index in [2.05, 4.69) is 25.7 Å². The first-order chi connectivity index (χ1) is 16.5. The average molecular weight is 477 g/mol. The Bertz CT molecular complexity index is 1340. The van der Waals surface area contributed by atoms with Crippen molar-refractivity contribution < 1.29 is 14.3 Å². The molecule has 0 saturated carbocycles. The molecule has 2 aromatic heterocycles. The molecular weight excluding hydrogens is 452 g/mol. The zero-order chi connectivity index (χ0) is 24.1. The molecule has 9 nitrogen and oxygen atoms in total. The van der Waals surface area contributed by atoms with Gasteiger partial charge < -0.3 is 15.4 Å². The number of nitrogens with one attached hydrogen (secondary N) is 2. The van der Waals surface area contributed by atoms with Crippen LogP contribution in [0.15, 0.2) is 60.0 Å². The number of amides is 2. The zero-order valence-electron chi connectivity index (χ0n) is 19.0. The van der Waals surface area contributed by atoms with E-state index >= 15 is 0 Å². The van der Waals surface area contributed by atoms with Gasteiger partial charge in [-0.15, -0.1) is 0 Å². The van der Waals surface area contributed by atoms with Gasteiger partial charge in [-0.2, -0.15) is 5.10 Å². The Morgan fingerprint density at radius 2 is 1.85 bits per heavy atom. The van der Waals surface area contributed by atoms with E-state index in [4.69, 9.17) is 4.74 Å². The molecule has 0 saturated heterocycles. The fourth-order valence-electron chi connectivity index (χ4n) is 3.30. The Morgan fingerprint density at radius 1 is 1.06 bits per heavy atom. The van der Waals surface area contributed by atoms with E-state index in [1.54, 1.807) is 37.0 Å². The maximum atomic E-state index is 12.6. The number of anilines is 2. The van der Waals surface area contributed by atoms with Gasteiger partial charge in [0.15, 0.2) is 5.65 Å². The van der Waals surface area contributed by atoms with Crippen molar-refractivity contribution in [3.05, 3.63) is 60.6 Å². The number of hydrogen-bond donors (Lipinski definition) is 2. The topological polar surface area (TPSA) is 111 Å². The van der Waals surface area contributed by atoms with Crippen LogP contribution in [-0.4, -0.2) is 44.4 Å². The number of benzene rings is 2. The molecule has 2 N–H and O–H groups in total. The fourth-order valence-corrected chi connectivity index (χ4v) is 4.06. The van der Waals surface area contributed by atoms with E-state index in [-0.39, 0.29) is 17.6 Å². The van der Waals surface area contributed by atoms with Crippen molar-refractivity contribution in [1.29, 1.82) is 0 Å². The molecule has 2 heterocycles. The number of hydrogen-bond acceptors (Lipinski definition) is 7. The molecule has 0 unspecified atom stereocenters. The minimum absolute atomic E-state index is 0.0530. The summed E-state index contributed by atoms with van der Waals surface area (Å²) in [5, 5.41) is 11.6. The number of rotatable bonds is 8. The molecule has 0 atom stereocenters. The van der Waals surface area contributed by atoms with Gasteiger partial charge in [-0.05, 0) is 55.0 Å². The van der Waals surface area contributed by atoms with E-state index < -0.39 is 0 Å². The van der Waals surface area contributed by atoms with Crippen LogP contribution in [-0.2, 0) is 9.59 Å². The predicted octanol–water partition coefficient (Wildman–Crippen LogP) is 4.21. The molecule has 0 aliphatic carbocycles. The number of nitrogens with zero attached hydrogens (tertiary/aromatic N) is 4. The Balaban J connectivity index is 1.43. The zero-order valence-corrected chi connectivity index (χ0v) is 19.8. The highest BCUT2D eigenvalue weighted by atomic mass is 32.2. The highest BCUT2D eigenvalue weighted by Gasteiger charge is 2.14. The van der Waals surface area contributed by atoms with Crippen LogP contribution in [0.5, 0.6) is 5.75 Å². The summed E-state index contributed by atoms with van der Waals surface area (Å²) in [5.74, 6) is 0.715. The molecule has 2 amide bonds. The number of thioether (sulfide) groups is 1. The van der Waals surface area contributed by atoms with E-state index in [1.165, 1.54) is 18.1 Å². The standard InChI is InChI=1S/C24H24N6O3S/c1-4-21(31)29-20-10-5-16(11-15(20)2)28-22(32)13-34-24-19-12-27-30(23(19)25-14-26-24)17-6-8-18(33-3)9-7-17/h5-12,14H,4,13H2,1-3H3,(H,28,32)(H,29,31). The second-order valence-electron chi connectivity index (χ2n) is 7.44. The number of fused-ring (bicyclic) bond motifs is 1. The summed E-state index contributed by atoms with van der Waals surface area (Å²) in [6, 6.07) is 12.9. The van der Waals surface area contributed by atoms with Gasteiger partial charge >= 0.3 is 0 Å². The number of aryl methyl sites for hydroxylation is 1. The maximum Gasteiger partial charge on any atom is 0.234 e. The summed E-state index contributed by atoms with van der Waals surface area (Å²) in [6.07, 6.45) is 3.58. The SMILES string of the molecule is CCC(=O)Nc1ccc(NC(=O)CSc2ncnc3c2cnn3-c2ccc(OC)cc2)cc1C. The normalized spacial score (nSPS) is 10.8. The van der Waals surface area contributed by atoms with Crippen molar-refractivity contribution >= 4 is 46.0 Å². The predicted molar refractivity (Wildman–Crippen MR) is 133 cm³/mol. The van der Waals surface area contributed by atoms with Gasteiger partial charge in [-0.25, -0.2) is 14.6 Å². The minimum atomic E-state index is -0.163. The first-order valence-corrected chi connectivity index (χ1v) is 11.6. The van der Waals surface area contributed by atoms with Crippen LogP contribution in [0.3, 0.4) is 0 Å². The number of methoxy groups -OCH3 is 1. The summed E-state index contributed by atoms with van der Waals surface area (Å²) < 4.78 is 6.93. The van der Waals surface area contributed by atoms with Crippen molar-refractivity contribution in [1.82, 2.24) is 19.7 Å². The summed E-state index contributed by atoms with van der Waals surface area (Å²) in [7, 11) is 1.62. The molecule has 4 rings (SSSR count). The van der Waals surface area contributed by atoms with Gasteiger partial charge in [-0.3, -0.25) is 9.59 Å². The lowest BCUT2D eigenvalue weighted by atomic mass is 10.1. The minimum Gasteiger partial charge on any atom is -0.497 e. The van der Waals surface area contributed by atoms with Gasteiger partial charge in [0.2, 0.25) is 11.8 Å². The molecule has 10 heteroatoms. The summed E-state index contributed by atoms with van der Waals surface area (Å²) >= 11 is 1.32. The highest BCUT2D eigenvalue weighted by Crippen LogP contribution is 2.27. The Kier molecular flexibility index (Phi) is 7.07. The first kappa shape index (κ1) is 23.2. The Hall–Kier alpha value is -3.92. The van der Waals surface area contributed by atoms with Crippen LogP contribution in [0.2, 0.25) is 0 Å². The van der Waals surface area contributed by atoms with E-state index in [1.807, 2.05) is 37.3 Å². The van der Waals surface area contributed by atoms with Crippen molar-refractivity contribution in [3.8, 4) is 11.4 Å². The molecule has 4 aromatic rings. The van der Waals surface area contributed by atoms with Crippen LogP contribution in [0.4, 0.5) is 11.4 Å². The molecular formula is C24H24N6O3S. The monoisotopic (exact) mass is 476 g/mol. The third-order valence-corrected chi connectivity index (χ3v) is 6.10. The molecule has 0 fully saturated rings. The second-order valence-corrected chi connectivity index (χ2v) is 8.40. The fraction of sp³-hybridized carbons (Fsp3) is 0.208. The lowest BCUT2D eigenvalue weighted by molar-refractivity contribution is -0.116. The van der Waals surface area contributed by atoms with Gasteiger partial charge in [-0.1, -0.05) is 18.7 Å².